The Morgan fingerprint density at radius 3 is 2.72 bits per heavy atom. The van der Waals surface area contributed by atoms with Gasteiger partial charge in [-0.15, -0.1) is 0 Å². The molecule has 1 amide bonds. The first-order chi connectivity index (χ1) is 13.9. The van der Waals surface area contributed by atoms with Crippen molar-refractivity contribution in [1.82, 2.24) is 5.32 Å². The van der Waals surface area contributed by atoms with Crippen LogP contribution in [-0.4, -0.2) is 29.4 Å². The van der Waals surface area contributed by atoms with Crippen LogP contribution in [0.1, 0.15) is 46.8 Å². The maximum atomic E-state index is 13.4. The van der Waals surface area contributed by atoms with Gasteiger partial charge in [0.1, 0.15) is 5.75 Å². The monoisotopic (exact) mass is 412 g/mol. The van der Waals surface area contributed by atoms with Crippen LogP contribution >= 0.6 is 11.6 Å². The fraction of sp³-hybridized carbons (Fsp3) is 0.391. The quantitative estimate of drug-likeness (QED) is 0.696. The molecule has 0 saturated heterocycles. The molecule has 1 aliphatic carbocycles. The van der Waals surface area contributed by atoms with Crippen LogP contribution in [0.5, 0.6) is 5.75 Å². The third-order valence-electron chi connectivity index (χ3n) is 6.06. The molecule has 2 aromatic carbocycles. The molecule has 0 fully saturated rings. The van der Waals surface area contributed by atoms with Crippen molar-refractivity contribution >= 4 is 29.0 Å². The van der Waals surface area contributed by atoms with E-state index in [1.54, 1.807) is 12.1 Å². The average molecular weight is 413 g/mol. The van der Waals surface area contributed by atoms with E-state index in [1.807, 2.05) is 18.2 Å². The second-order valence-corrected chi connectivity index (χ2v) is 8.37. The van der Waals surface area contributed by atoms with Crippen molar-refractivity contribution in [2.75, 3.05) is 11.9 Å². The van der Waals surface area contributed by atoms with Crippen LogP contribution in [0.15, 0.2) is 30.3 Å². The summed E-state index contributed by atoms with van der Waals surface area (Å²) in [6.07, 6.45) is 3.39. The number of carbonyl (C=O) groups excluding carboxylic acids is 2. The lowest BCUT2D eigenvalue weighted by Crippen LogP contribution is -2.41. The van der Waals surface area contributed by atoms with Gasteiger partial charge in [-0.3, -0.25) is 9.59 Å². The van der Waals surface area contributed by atoms with Gasteiger partial charge in [0.05, 0.1) is 10.7 Å². The number of carbonyl (C=O) groups is 2. The van der Waals surface area contributed by atoms with E-state index < -0.39 is 0 Å². The molecular weight excluding hydrogens is 388 g/mol. The van der Waals surface area contributed by atoms with E-state index in [9.17, 15) is 14.7 Å². The molecule has 152 valence electrons. The summed E-state index contributed by atoms with van der Waals surface area (Å²) in [5, 5.41) is 16.2. The molecule has 0 saturated carbocycles. The Kier molecular flexibility index (Phi) is 5.61. The number of nitrogens with one attached hydrogen (secondary N) is 2. The second-order valence-electron chi connectivity index (χ2n) is 7.96. The Labute approximate surface area is 175 Å². The summed E-state index contributed by atoms with van der Waals surface area (Å²) in [4.78, 5) is 25.1. The van der Waals surface area contributed by atoms with Gasteiger partial charge in [-0.25, -0.2) is 0 Å². The summed E-state index contributed by atoms with van der Waals surface area (Å²) in [7, 11) is 0. The Bertz CT molecular complexity index is 956. The Balaban J connectivity index is 1.47. The van der Waals surface area contributed by atoms with E-state index in [0.29, 0.717) is 23.6 Å². The zero-order valence-electron chi connectivity index (χ0n) is 16.4. The maximum absolute atomic E-state index is 13.4. The van der Waals surface area contributed by atoms with Crippen LogP contribution < -0.4 is 10.6 Å². The lowest BCUT2D eigenvalue weighted by Gasteiger charge is -2.32. The number of benzene rings is 2. The smallest absolute Gasteiger partial charge is 0.224 e. The van der Waals surface area contributed by atoms with E-state index in [1.165, 1.54) is 0 Å². The molecule has 5 nitrogen and oxygen atoms in total. The van der Waals surface area contributed by atoms with Crippen molar-refractivity contribution < 1.29 is 14.7 Å². The van der Waals surface area contributed by atoms with Crippen LogP contribution in [0, 0.1) is 5.92 Å². The molecule has 1 aliphatic heterocycles. The fourth-order valence-electron chi connectivity index (χ4n) is 4.44. The first-order valence-corrected chi connectivity index (χ1v) is 10.5. The summed E-state index contributed by atoms with van der Waals surface area (Å²) >= 11 is 6.37. The van der Waals surface area contributed by atoms with Gasteiger partial charge in [0.15, 0.2) is 5.78 Å². The van der Waals surface area contributed by atoms with Crippen LogP contribution in [0.3, 0.4) is 0 Å². The number of anilines is 1. The minimum absolute atomic E-state index is 0.0524. The maximum Gasteiger partial charge on any atom is 0.224 e. The summed E-state index contributed by atoms with van der Waals surface area (Å²) in [6.45, 7) is 2.83. The predicted octanol–water partition coefficient (Wildman–Crippen LogP) is 3.90. The first kappa shape index (κ1) is 19.9. The number of amides is 1. The van der Waals surface area contributed by atoms with Crippen LogP contribution in [-0.2, 0) is 24.1 Å². The van der Waals surface area contributed by atoms with Gasteiger partial charge in [0, 0.05) is 23.9 Å². The molecule has 1 heterocycles. The summed E-state index contributed by atoms with van der Waals surface area (Å²) in [6, 6.07) is 9.10. The first-order valence-electron chi connectivity index (χ1n) is 10.1. The van der Waals surface area contributed by atoms with Crippen molar-refractivity contribution in [3.63, 3.8) is 0 Å². The van der Waals surface area contributed by atoms with Gasteiger partial charge in [-0.05, 0) is 74.0 Å². The van der Waals surface area contributed by atoms with Gasteiger partial charge >= 0.3 is 0 Å². The molecule has 6 heteroatoms. The number of phenols is 1. The molecule has 0 aromatic heterocycles. The minimum Gasteiger partial charge on any atom is -0.508 e. The van der Waals surface area contributed by atoms with Gasteiger partial charge in [0.2, 0.25) is 5.91 Å². The predicted molar refractivity (Wildman–Crippen MR) is 114 cm³/mol. The van der Waals surface area contributed by atoms with Gasteiger partial charge in [-0.1, -0.05) is 23.7 Å². The third kappa shape index (κ3) is 4.02. The highest BCUT2D eigenvalue weighted by Crippen LogP contribution is 2.40. The molecule has 4 rings (SSSR count). The molecule has 29 heavy (non-hydrogen) atoms. The van der Waals surface area contributed by atoms with E-state index >= 15 is 0 Å². The molecule has 0 radical (unpaired) electrons. The third-order valence-corrected chi connectivity index (χ3v) is 6.36. The number of hydrogen-bond donors (Lipinski definition) is 3. The minimum atomic E-state index is -0.0924. The van der Waals surface area contributed by atoms with Crippen LogP contribution in [0.4, 0.5) is 5.69 Å². The topological polar surface area (TPSA) is 78.4 Å². The average Bonchev–Trinajstić information content (AvgIpc) is 2.70. The number of rotatable bonds is 5. The van der Waals surface area contributed by atoms with E-state index in [0.717, 1.165) is 48.1 Å². The van der Waals surface area contributed by atoms with Crippen LogP contribution in [0.25, 0.3) is 0 Å². The Morgan fingerprint density at radius 1 is 1.21 bits per heavy atom. The summed E-state index contributed by atoms with van der Waals surface area (Å²) in [5.74, 6) is 0.273. The van der Waals surface area contributed by atoms with Gasteiger partial charge in [0.25, 0.3) is 0 Å². The van der Waals surface area contributed by atoms with Gasteiger partial charge in [-0.2, -0.15) is 0 Å². The summed E-state index contributed by atoms with van der Waals surface area (Å²) in [5.41, 5.74) is 4.43. The molecule has 0 spiro atoms. The van der Waals surface area contributed by atoms with Crippen LogP contribution in [0.2, 0.25) is 5.02 Å². The van der Waals surface area contributed by atoms with E-state index in [2.05, 4.69) is 17.6 Å². The van der Waals surface area contributed by atoms with Crippen molar-refractivity contribution in [3.05, 3.63) is 57.6 Å². The molecule has 2 aliphatic rings. The molecule has 2 aromatic rings. The van der Waals surface area contributed by atoms with Gasteiger partial charge < -0.3 is 15.7 Å². The highest BCUT2D eigenvalue weighted by Gasteiger charge is 2.35. The highest BCUT2D eigenvalue weighted by atomic mass is 35.5. The van der Waals surface area contributed by atoms with Crippen molar-refractivity contribution in [3.8, 4) is 5.75 Å². The molecule has 3 N–H and O–H groups in total. The second kappa shape index (κ2) is 8.17. The zero-order valence-corrected chi connectivity index (χ0v) is 17.2. The normalized spacial score (nSPS) is 19.3. The van der Waals surface area contributed by atoms with Crippen molar-refractivity contribution in [2.45, 2.75) is 45.1 Å². The summed E-state index contributed by atoms with van der Waals surface area (Å²) < 4.78 is 0. The lowest BCUT2D eigenvalue weighted by molar-refractivity contribution is -0.116. The number of ketones is 1. The van der Waals surface area contributed by atoms with Crippen molar-refractivity contribution in [2.24, 2.45) is 5.92 Å². The van der Waals surface area contributed by atoms with Crippen molar-refractivity contribution in [1.29, 1.82) is 0 Å². The van der Waals surface area contributed by atoms with E-state index in [-0.39, 0.29) is 29.4 Å². The zero-order chi connectivity index (χ0) is 20.5. The number of phenolic OH excluding ortho intramolecular Hbond substituents is 1. The Morgan fingerprint density at radius 2 is 1.97 bits per heavy atom. The number of aromatic hydroxyl groups is 1. The molecule has 0 bridgehead atoms. The lowest BCUT2D eigenvalue weighted by atomic mass is 9.76. The molecular formula is C23H25ClN2O3. The molecule has 2 atom stereocenters. The molecule has 2 unspecified atom stereocenters. The number of halogens is 1. The highest BCUT2D eigenvalue weighted by molar-refractivity contribution is 6.34. The SMILES string of the molecule is CC(NCCc1ccc(O)cc1)C1CCc2cc(Cl)c3c(c2C1=O)CCC(=O)N3. The number of hydrogen-bond acceptors (Lipinski definition) is 4. The standard InChI is InChI=1S/C23H25ClN2O3/c1-13(25-11-10-14-2-5-16(27)6-3-14)17-7-4-15-12-19(24)22-18(21(15)23(17)29)8-9-20(28)26-22/h2-3,5-6,12-13,17,25,27H,4,7-11H2,1H3,(H,26,28). The number of fused-ring (bicyclic) bond motifs is 3. The Hall–Kier alpha value is -2.37. The number of Topliss-reactive ketones (excluding diaryl/α,β-unsaturated/α-hetero) is 1. The van der Waals surface area contributed by atoms with E-state index in [4.69, 9.17) is 11.6 Å². The largest absolute Gasteiger partial charge is 0.508 e. The number of aryl methyl sites for hydroxylation is 1. The fourth-order valence-corrected chi connectivity index (χ4v) is 4.74.